The molecule has 0 N–H and O–H groups in total. The third-order valence-electron chi connectivity index (χ3n) is 0. The molecule has 2 radical (unpaired) electrons. The topological polar surface area (TPSA) is 0 Å². The maximum Gasteiger partial charge on any atom is 0.0814 e. The van der Waals surface area contributed by atoms with E-state index in [1.54, 1.807) is 0 Å². The van der Waals surface area contributed by atoms with Crippen molar-refractivity contribution >= 4 is 8.41 Å². The quantitative estimate of drug-likeness (QED) is 0.419. The minimum atomic E-state index is 0. The number of hydrogen-bond acceptors (Lipinski definition) is 0. The number of hydrogen-bond donors (Lipinski definition) is 0. The van der Waals surface area contributed by atoms with E-state index in [4.69, 9.17) is 0 Å². The minimum absolute atomic E-state index is 0. The predicted octanol–water partition coefficient (Wildman–Crippen LogP) is -1.19. The second kappa shape index (κ2) is 23.3. The Morgan fingerprint density at radius 2 is 0.750 bits per heavy atom. The SMILES string of the molecule is B.[Co].[Co].[Fe]. The Bertz CT molecular complexity index is 6.00. The van der Waals surface area contributed by atoms with Crippen LogP contribution in [0.15, 0.2) is 0 Å². The van der Waals surface area contributed by atoms with Crippen LogP contribution in [0.5, 0.6) is 0 Å². The molecule has 32 valence electrons. The van der Waals surface area contributed by atoms with Crippen LogP contribution in [-0.2, 0) is 50.6 Å². The Balaban J connectivity index is 0. The van der Waals surface area contributed by atoms with Gasteiger partial charge in [-0.25, -0.2) is 0 Å². The summed E-state index contributed by atoms with van der Waals surface area (Å²) in [5, 5.41) is 0. The van der Waals surface area contributed by atoms with Crippen LogP contribution < -0.4 is 0 Å². The van der Waals surface area contributed by atoms with Crippen LogP contribution in [0.2, 0.25) is 0 Å². The normalized spacial score (nSPS) is 0. The third-order valence-corrected chi connectivity index (χ3v) is 0. The van der Waals surface area contributed by atoms with E-state index in [-0.39, 0.29) is 59.0 Å². The van der Waals surface area contributed by atoms with E-state index in [9.17, 15) is 0 Å². The van der Waals surface area contributed by atoms with Gasteiger partial charge in [-0.05, 0) is 0 Å². The molecule has 0 heterocycles. The average Bonchev–Trinajstić information content (AvgIpc) is 0. The fourth-order valence-electron chi connectivity index (χ4n) is 0. The zero-order chi connectivity index (χ0) is 0. The molecule has 0 unspecified atom stereocenters. The van der Waals surface area contributed by atoms with Crippen molar-refractivity contribution in [3.05, 3.63) is 0 Å². The molecule has 0 rings (SSSR count). The summed E-state index contributed by atoms with van der Waals surface area (Å²) < 4.78 is 0. The van der Waals surface area contributed by atoms with Gasteiger partial charge in [0.05, 0.1) is 8.41 Å². The van der Waals surface area contributed by atoms with Gasteiger partial charge in [0.25, 0.3) is 0 Å². The van der Waals surface area contributed by atoms with Gasteiger partial charge in [-0.2, -0.15) is 0 Å². The molecule has 0 spiro atoms. The molecule has 0 atom stereocenters. The summed E-state index contributed by atoms with van der Waals surface area (Å²) in [6.45, 7) is 0. The molecule has 0 aliphatic rings. The Morgan fingerprint density at radius 1 is 0.750 bits per heavy atom. The van der Waals surface area contributed by atoms with Crippen molar-refractivity contribution in [2.75, 3.05) is 0 Å². The number of rotatable bonds is 0. The van der Waals surface area contributed by atoms with Crippen molar-refractivity contribution in [1.82, 2.24) is 0 Å². The zero-order valence-electron chi connectivity index (χ0n) is 1.02. The minimum Gasteiger partial charge on any atom is 0 e. The van der Waals surface area contributed by atoms with E-state index < -0.39 is 0 Å². The van der Waals surface area contributed by atoms with Gasteiger partial charge in [-0.1, -0.05) is 0 Å². The molecule has 4 heavy (non-hydrogen) atoms. The van der Waals surface area contributed by atoms with Crippen LogP contribution in [0, 0.1) is 0 Å². The molecule has 0 aromatic heterocycles. The van der Waals surface area contributed by atoms with E-state index in [0.717, 1.165) is 0 Å². The van der Waals surface area contributed by atoms with Crippen LogP contribution in [0.4, 0.5) is 0 Å². The molecule has 4 heteroatoms. The second-order valence-electron chi connectivity index (χ2n) is 0. The smallest absolute Gasteiger partial charge is 0 e. The van der Waals surface area contributed by atoms with Crippen LogP contribution in [0.25, 0.3) is 0 Å². The fourth-order valence-corrected chi connectivity index (χ4v) is 0. The molecule has 0 saturated heterocycles. The van der Waals surface area contributed by atoms with Crippen molar-refractivity contribution in [3.63, 3.8) is 0 Å². The third kappa shape index (κ3) is 9.51. The summed E-state index contributed by atoms with van der Waals surface area (Å²) in [5.74, 6) is 0. The molecule has 0 aromatic carbocycles. The molecular formula is H3BCo2Fe. The van der Waals surface area contributed by atoms with Crippen molar-refractivity contribution in [2.45, 2.75) is 0 Å². The van der Waals surface area contributed by atoms with Gasteiger partial charge in [0.2, 0.25) is 0 Å². The summed E-state index contributed by atoms with van der Waals surface area (Å²) in [4.78, 5) is 0. The van der Waals surface area contributed by atoms with Gasteiger partial charge in [0, 0.05) is 50.6 Å². The van der Waals surface area contributed by atoms with Crippen LogP contribution in [-0.4, -0.2) is 8.41 Å². The first-order chi connectivity index (χ1) is 0. The first kappa shape index (κ1) is 46.4. The van der Waals surface area contributed by atoms with Gasteiger partial charge in [-0.3, -0.25) is 0 Å². The van der Waals surface area contributed by atoms with Gasteiger partial charge in [-0.15, -0.1) is 0 Å². The van der Waals surface area contributed by atoms with Gasteiger partial charge < -0.3 is 0 Å². The molecule has 0 saturated carbocycles. The summed E-state index contributed by atoms with van der Waals surface area (Å²) >= 11 is 0. The van der Waals surface area contributed by atoms with Gasteiger partial charge in [0.1, 0.15) is 0 Å². The van der Waals surface area contributed by atoms with E-state index >= 15 is 0 Å². The zero-order valence-corrected chi connectivity index (χ0v) is 4.21. The van der Waals surface area contributed by atoms with Crippen LogP contribution in [0.3, 0.4) is 0 Å². The standard InChI is InChI=1S/BH3.2Co.Fe/h1H3;;;. The Kier molecular flexibility index (Phi) is 270. The summed E-state index contributed by atoms with van der Waals surface area (Å²) in [6.07, 6.45) is 0. The molecule has 0 fully saturated rings. The first-order valence-electron chi connectivity index (χ1n) is 0. The van der Waals surface area contributed by atoms with Crippen molar-refractivity contribution in [2.24, 2.45) is 0 Å². The molecule has 0 amide bonds. The Morgan fingerprint density at radius 3 is 0.750 bits per heavy atom. The molecule has 0 nitrogen and oxygen atoms in total. The molecular weight excluding hydrogens is 185 g/mol. The molecule has 0 bridgehead atoms. The van der Waals surface area contributed by atoms with Crippen molar-refractivity contribution < 1.29 is 50.6 Å². The maximum atomic E-state index is 0. The maximum absolute atomic E-state index is 0. The summed E-state index contributed by atoms with van der Waals surface area (Å²) in [6, 6.07) is 0. The monoisotopic (exact) mass is 188 g/mol. The van der Waals surface area contributed by atoms with E-state index in [1.165, 1.54) is 0 Å². The van der Waals surface area contributed by atoms with Crippen LogP contribution in [0.1, 0.15) is 0 Å². The Hall–Kier alpha value is 1.60. The summed E-state index contributed by atoms with van der Waals surface area (Å²) in [5.41, 5.74) is 0. The van der Waals surface area contributed by atoms with Crippen molar-refractivity contribution in [3.8, 4) is 0 Å². The predicted molar refractivity (Wildman–Crippen MR) is 9.94 cm³/mol. The van der Waals surface area contributed by atoms with Crippen LogP contribution >= 0.6 is 0 Å². The van der Waals surface area contributed by atoms with E-state index in [1.807, 2.05) is 0 Å². The first-order valence-corrected chi connectivity index (χ1v) is 0. The Labute approximate surface area is 58.9 Å². The van der Waals surface area contributed by atoms with Crippen molar-refractivity contribution in [1.29, 1.82) is 0 Å². The molecule has 0 aliphatic carbocycles. The van der Waals surface area contributed by atoms with E-state index in [2.05, 4.69) is 0 Å². The van der Waals surface area contributed by atoms with E-state index in [0.29, 0.717) is 0 Å². The average molecular weight is 188 g/mol. The molecule has 0 aliphatic heterocycles. The molecule has 0 aromatic rings. The fraction of sp³-hybridized carbons (Fsp3) is 0. The largest absolute Gasteiger partial charge is 0.0814 e. The summed E-state index contributed by atoms with van der Waals surface area (Å²) in [7, 11) is 0. The van der Waals surface area contributed by atoms with Gasteiger partial charge >= 0.3 is 0 Å². The van der Waals surface area contributed by atoms with Gasteiger partial charge in [0.15, 0.2) is 0 Å². The second-order valence-corrected chi connectivity index (χ2v) is 0.